The van der Waals surface area contributed by atoms with Gasteiger partial charge < -0.3 is 19.8 Å². The lowest BCUT2D eigenvalue weighted by molar-refractivity contribution is 0.0810. The zero-order valence-electron chi connectivity index (χ0n) is 16.2. The number of pyridine rings is 1. The van der Waals surface area contributed by atoms with Crippen LogP contribution in [-0.2, 0) is 4.74 Å². The number of allylic oxidation sites excluding steroid dienone is 1. The van der Waals surface area contributed by atoms with Gasteiger partial charge >= 0.3 is 0 Å². The van der Waals surface area contributed by atoms with Crippen molar-refractivity contribution >= 4 is 11.6 Å². The zero-order valence-corrected chi connectivity index (χ0v) is 16.2. The lowest BCUT2D eigenvalue weighted by Crippen LogP contribution is -2.34. The quantitative estimate of drug-likeness (QED) is 0.446. The van der Waals surface area contributed by atoms with Crippen LogP contribution in [0.5, 0.6) is 0 Å². The summed E-state index contributed by atoms with van der Waals surface area (Å²) >= 11 is 0. The Bertz CT molecular complexity index is 1020. The predicted octanol–water partition coefficient (Wildman–Crippen LogP) is 2.47. The highest BCUT2D eigenvalue weighted by Crippen LogP contribution is 2.21. The molecule has 1 fully saturated rings. The number of amides is 1. The molecule has 1 aliphatic rings. The molecule has 0 aromatic carbocycles. The summed E-state index contributed by atoms with van der Waals surface area (Å²) in [5.41, 5.74) is 1.61. The molecule has 0 aliphatic carbocycles. The molecule has 0 bridgehead atoms. The number of ether oxygens (including phenoxy) is 1. The summed E-state index contributed by atoms with van der Waals surface area (Å²) in [5.74, 6) is 0.210. The van der Waals surface area contributed by atoms with Crippen LogP contribution in [0.3, 0.4) is 0 Å². The summed E-state index contributed by atoms with van der Waals surface area (Å²) in [6.45, 7) is 1.38. The normalized spacial score (nSPS) is 15.0. The first-order valence-electron chi connectivity index (χ1n) is 9.65. The lowest BCUT2D eigenvalue weighted by Gasteiger charge is -2.23. The van der Waals surface area contributed by atoms with Gasteiger partial charge in [0.25, 0.3) is 5.91 Å². The van der Waals surface area contributed by atoms with Gasteiger partial charge in [0.05, 0.1) is 23.2 Å². The van der Waals surface area contributed by atoms with Crippen molar-refractivity contribution in [1.29, 1.82) is 5.41 Å². The molecule has 30 heavy (non-hydrogen) atoms. The van der Waals surface area contributed by atoms with Crippen molar-refractivity contribution in [2.75, 3.05) is 13.2 Å². The standard InChI is InChI=1S/C21H22N6O3/c22-20(16-3-1-2-8-23-16)17(13-24-15-6-9-29-10-7-15)27-21(28)19-5-4-18(30-19)14-11-25-26-12-14/h1-5,8,11-13,15,22,24H,6-7,9-10H2,(H,25,26)(H,27,28)/b17-13+,22-20?. The number of hydrogen-bond donors (Lipinski definition) is 4. The molecule has 0 saturated carbocycles. The first kappa shape index (κ1) is 19.6. The Morgan fingerprint density at radius 3 is 2.83 bits per heavy atom. The Kier molecular flexibility index (Phi) is 6.00. The number of rotatable bonds is 7. The van der Waals surface area contributed by atoms with E-state index in [-0.39, 0.29) is 17.5 Å². The smallest absolute Gasteiger partial charge is 0.291 e. The number of nitrogens with zero attached hydrogens (tertiary/aromatic N) is 2. The summed E-state index contributed by atoms with van der Waals surface area (Å²) in [6.07, 6.45) is 8.28. The third-order valence-electron chi connectivity index (χ3n) is 4.74. The second-order valence-electron chi connectivity index (χ2n) is 6.81. The van der Waals surface area contributed by atoms with Gasteiger partial charge in [-0.15, -0.1) is 0 Å². The van der Waals surface area contributed by atoms with Gasteiger partial charge in [-0.25, -0.2) is 0 Å². The molecular formula is C21H22N6O3. The Hall–Kier alpha value is -3.72. The maximum Gasteiger partial charge on any atom is 0.291 e. The molecule has 0 radical (unpaired) electrons. The van der Waals surface area contributed by atoms with Crippen molar-refractivity contribution in [2.24, 2.45) is 0 Å². The highest BCUT2D eigenvalue weighted by Gasteiger charge is 2.19. The number of nitrogens with one attached hydrogen (secondary N) is 4. The minimum atomic E-state index is -0.453. The molecule has 4 heterocycles. The van der Waals surface area contributed by atoms with E-state index < -0.39 is 5.91 Å². The van der Waals surface area contributed by atoms with E-state index in [4.69, 9.17) is 14.6 Å². The number of carbonyl (C=O) groups excluding carboxylic acids is 1. The average molecular weight is 406 g/mol. The first-order valence-corrected chi connectivity index (χ1v) is 9.65. The van der Waals surface area contributed by atoms with Crippen LogP contribution in [-0.4, -0.2) is 46.1 Å². The number of H-pyrrole nitrogens is 1. The van der Waals surface area contributed by atoms with Crippen LogP contribution in [0.1, 0.15) is 29.1 Å². The molecule has 1 amide bonds. The van der Waals surface area contributed by atoms with Gasteiger partial charge in [-0.1, -0.05) is 6.07 Å². The molecule has 1 aliphatic heterocycles. The second kappa shape index (κ2) is 9.19. The third-order valence-corrected chi connectivity index (χ3v) is 4.74. The summed E-state index contributed by atoms with van der Waals surface area (Å²) in [7, 11) is 0. The van der Waals surface area contributed by atoms with E-state index in [1.54, 1.807) is 55.1 Å². The Balaban J connectivity index is 1.52. The van der Waals surface area contributed by atoms with Gasteiger partial charge in [0.2, 0.25) is 0 Å². The van der Waals surface area contributed by atoms with Gasteiger partial charge in [-0.3, -0.25) is 20.3 Å². The fraction of sp³-hybridized carbons (Fsp3) is 0.238. The van der Waals surface area contributed by atoms with Gasteiger partial charge in [-0.2, -0.15) is 5.10 Å². The van der Waals surface area contributed by atoms with Crippen LogP contribution < -0.4 is 10.6 Å². The molecule has 4 N–H and O–H groups in total. The number of carbonyl (C=O) groups is 1. The first-order chi connectivity index (χ1) is 14.7. The fourth-order valence-corrected chi connectivity index (χ4v) is 3.07. The molecule has 9 heteroatoms. The van der Waals surface area contributed by atoms with E-state index in [1.165, 1.54) is 0 Å². The Labute approximate surface area is 173 Å². The molecule has 4 rings (SSSR count). The zero-order chi connectivity index (χ0) is 20.8. The Morgan fingerprint density at radius 1 is 1.23 bits per heavy atom. The van der Waals surface area contributed by atoms with E-state index in [9.17, 15) is 4.79 Å². The lowest BCUT2D eigenvalue weighted by atomic mass is 10.1. The largest absolute Gasteiger partial charge is 0.451 e. The molecule has 0 atom stereocenters. The van der Waals surface area contributed by atoms with E-state index in [0.29, 0.717) is 30.4 Å². The molecule has 0 unspecified atom stereocenters. The molecule has 3 aromatic heterocycles. The highest BCUT2D eigenvalue weighted by molar-refractivity contribution is 6.12. The third kappa shape index (κ3) is 4.64. The minimum Gasteiger partial charge on any atom is -0.451 e. The summed E-state index contributed by atoms with van der Waals surface area (Å²) in [5, 5.41) is 21.2. The van der Waals surface area contributed by atoms with E-state index in [2.05, 4.69) is 25.8 Å². The summed E-state index contributed by atoms with van der Waals surface area (Å²) in [6, 6.07) is 8.81. The van der Waals surface area contributed by atoms with Crippen LogP contribution in [0.2, 0.25) is 0 Å². The van der Waals surface area contributed by atoms with E-state index in [1.807, 2.05) is 0 Å². The molecule has 1 saturated heterocycles. The number of aromatic nitrogens is 3. The maximum absolute atomic E-state index is 12.8. The number of furan rings is 1. The predicted molar refractivity (Wildman–Crippen MR) is 110 cm³/mol. The average Bonchev–Trinajstić information content (AvgIpc) is 3.49. The van der Waals surface area contributed by atoms with Crippen molar-refractivity contribution < 1.29 is 13.9 Å². The van der Waals surface area contributed by atoms with Crippen molar-refractivity contribution in [3.05, 3.63) is 72.3 Å². The maximum atomic E-state index is 12.8. The SMILES string of the molecule is N=C(/C(=C\NC1CCOCC1)NC(=O)c1ccc(-c2cn[nH]c2)o1)c1ccccn1. The van der Waals surface area contributed by atoms with Crippen molar-refractivity contribution in [1.82, 2.24) is 25.8 Å². The molecule has 154 valence electrons. The number of hydrogen-bond acceptors (Lipinski definition) is 7. The van der Waals surface area contributed by atoms with Gasteiger partial charge in [0, 0.05) is 37.8 Å². The summed E-state index contributed by atoms with van der Waals surface area (Å²) < 4.78 is 11.0. The van der Waals surface area contributed by atoms with Crippen LogP contribution in [0.4, 0.5) is 0 Å². The van der Waals surface area contributed by atoms with Gasteiger partial charge in [-0.05, 0) is 37.1 Å². The minimum absolute atomic E-state index is 0.102. The monoisotopic (exact) mass is 406 g/mol. The van der Waals surface area contributed by atoms with Crippen LogP contribution in [0.25, 0.3) is 11.3 Å². The van der Waals surface area contributed by atoms with Gasteiger partial charge in [0.15, 0.2) is 5.76 Å². The fourth-order valence-electron chi connectivity index (χ4n) is 3.07. The van der Waals surface area contributed by atoms with Crippen molar-refractivity contribution in [3.63, 3.8) is 0 Å². The molecule has 3 aromatic rings. The van der Waals surface area contributed by atoms with E-state index in [0.717, 1.165) is 18.4 Å². The molecule has 9 nitrogen and oxygen atoms in total. The molecule has 0 spiro atoms. The highest BCUT2D eigenvalue weighted by atomic mass is 16.5. The van der Waals surface area contributed by atoms with Crippen LogP contribution >= 0.6 is 0 Å². The molecular weight excluding hydrogens is 384 g/mol. The topological polar surface area (TPSA) is 129 Å². The van der Waals surface area contributed by atoms with Crippen molar-refractivity contribution in [3.8, 4) is 11.3 Å². The second-order valence-corrected chi connectivity index (χ2v) is 6.81. The number of aromatic amines is 1. The Morgan fingerprint density at radius 2 is 2.10 bits per heavy atom. The van der Waals surface area contributed by atoms with Crippen molar-refractivity contribution in [2.45, 2.75) is 18.9 Å². The van der Waals surface area contributed by atoms with E-state index >= 15 is 0 Å². The van der Waals surface area contributed by atoms with Gasteiger partial charge in [0.1, 0.15) is 11.5 Å². The van der Waals surface area contributed by atoms with Crippen LogP contribution in [0.15, 0.2) is 65.2 Å². The van der Waals surface area contributed by atoms with Crippen LogP contribution in [0, 0.1) is 5.41 Å². The summed E-state index contributed by atoms with van der Waals surface area (Å²) in [4.78, 5) is 17.0.